The first-order chi connectivity index (χ1) is 10.7. The maximum absolute atomic E-state index is 11.7. The van der Waals surface area contributed by atoms with Crippen LogP contribution in [0.3, 0.4) is 0 Å². The number of carbonyl (C=O) groups excluding carboxylic acids is 1. The van der Waals surface area contributed by atoms with Gasteiger partial charge in [-0.25, -0.2) is 19.8 Å². The maximum Gasteiger partial charge on any atom is 0.427 e. The molecule has 3 rings (SSSR count). The van der Waals surface area contributed by atoms with Gasteiger partial charge in [0.25, 0.3) is 0 Å². The lowest BCUT2D eigenvalue weighted by Gasteiger charge is -2.26. The smallest absolute Gasteiger partial charge is 0.406 e. The molecule has 0 aliphatic carbocycles. The molecule has 2 aromatic rings. The molecule has 0 radical (unpaired) electrons. The fourth-order valence-electron chi connectivity index (χ4n) is 1.81. The number of rotatable bonds is 3. The second-order valence-corrected chi connectivity index (χ2v) is 4.48. The van der Waals surface area contributed by atoms with E-state index in [1.807, 2.05) is 0 Å². The molecular weight excluding hydrogens is 292 g/mol. The molecule has 0 spiro atoms. The summed E-state index contributed by atoms with van der Waals surface area (Å²) in [5.74, 6) is 1.21. The lowest BCUT2D eigenvalue weighted by Crippen LogP contribution is -2.49. The summed E-state index contributed by atoms with van der Waals surface area (Å²) in [7, 11) is 0. The Hall–Kier alpha value is -2.59. The molecule has 1 aliphatic rings. The van der Waals surface area contributed by atoms with Crippen LogP contribution in [0.5, 0.6) is 5.75 Å². The average Bonchev–Trinajstić information content (AvgIpc) is 2.95. The molecule has 1 amide bonds. The maximum atomic E-state index is 11.7. The zero-order chi connectivity index (χ0) is 15.4. The molecule has 0 bridgehead atoms. The third-order valence-corrected chi connectivity index (χ3v) is 2.83. The molecule has 10 nitrogen and oxygen atoms in total. The largest absolute Gasteiger partial charge is 0.427 e. The molecule has 0 aromatic carbocycles. The number of morpholine rings is 1. The molecule has 2 aromatic heterocycles. The van der Waals surface area contributed by atoms with Gasteiger partial charge in [0.05, 0.1) is 25.6 Å². The number of ether oxygens (including phenoxy) is 2. The van der Waals surface area contributed by atoms with Gasteiger partial charge < -0.3 is 14.0 Å². The van der Waals surface area contributed by atoms with Crippen LogP contribution in [0.15, 0.2) is 16.9 Å². The summed E-state index contributed by atoms with van der Waals surface area (Å²) in [6.07, 6.45) is 2.13. The van der Waals surface area contributed by atoms with Crippen LogP contribution in [0, 0.1) is 6.92 Å². The second kappa shape index (κ2) is 6.45. The van der Waals surface area contributed by atoms with Gasteiger partial charge in [0.1, 0.15) is 0 Å². The van der Waals surface area contributed by atoms with E-state index in [9.17, 15) is 4.79 Å². The van der Waals surface area contributed by atoms with Gasteiger partial charge in [0, 0.05) is 20.0 Å². The molecular formula is C12H14N6O4. The number of amides is 1. The molecule has 1 fully saturated rings. The minimum absolute atomic E-state index is 0.217. The van der Waals surface area contributed by atoms with Crippen LogP contribution in [0.2, 0.25) is 0 Å². The molecule has 1 aliphatic heterocycles. The summed E-state index contributed by atoms with van der Waals surface area (Å²) in [5, 5.41) is 5.43. The standard InChI is InChI=1S/C12H14N6O4/c1-8-15-11(17-22-8)10-13-6-9(7-14-10)21-12(19)16-18-2-4-20-5-3-18/h6-7H,2-5H2,1H3,(H,16,19). The van der Waals surface area contributed by atoms with Gasteiger partial charge in [0.2, 0.25) is 17.5 Å². The Labute approximate surface area is 125 Å². The van der Waals surface area contributed by atoms with E-state index in [0.29, 0.717) is 32.2 Å². The number of hydrazine groups is 1. The van der Waals surface area contributed by atoms with Gasteiger partial charge in [-0.2, -0.15) is 4.98 Å². The van der Waals surface area contributed by atoms with Gasteiger partial charge in [0.15, 0.2) is 5.75 Å². The zero-order valence-electron chi connectivity index (χ0n) is 11.9. The van der Waals surface area contributed by atoms with Crippen LogP contribution in [0.1, 0.15) is 5.89 Å². The van der Waals surface area contributed by atoms with Crippen molar-refractivity contribution in [1.29, 1.82) is 0 Å². The summed E-state index contributed by atoms with van der Waals surface area (Å²) >= 11 is 0. The van der Waals surface area contributed by atoms with E-state index in [4.69, 9.17) is 14.0 Å². The van der Waals surface area contributed by atoms with Crippen molar-refractivity contribution < 1.29 is 18.8 Å². The third kappa shape index (κ3) is 3.54. The molecule has 0 unspecified atom stereocenters. The van der Waals surface area contributed by atoms with E-state index in [0.717, 1.165) is 0 Å². The third-order valence-electron chi connectivity index (χ3n) is 2.83. The summed E-state index contributed by atoms with van der Waals surface area (Å²) in [6.45, 7) is 4.04. The van der Waals surface area contributed by atoms with Gasteiger partial charge in [-0.15, -0.1) is 0 Å². The van der Waals surface area contributed by atoms with Crippen LogP contribution in [0.4, 0.5) is 4.79 Å². The monoisotopic (exact) mass is 306 g/mol. The quantitative estimate of drug-likeness (QED) is 0.847. The highest BCUT2D eigenvalue weighted by atomic mass is 16.6. The first kappa shape index (κ1) is 14.4. The Balaban J connectivity index is 1.57. The Morgan fingerprint density at radius 3 is 2.64 bits per heavy atom. The fourth-order valence-corrected chi connectivity index (χ4v) is 1.81. The normalized spacial score (nSPS) is 15.5. The first-order valence-electron chi connectivity index (χ1n) is 6.64. The first-order valence-corrected chi connectivity index (χ1v) is 6.64. The number of nitrogens with one attached hydrogen (secondary N) is 1. The number of hydrogen-bond donors (Lipinski definition) is 1. The van der Waals surface area contributed by atoms with Crippen LogP contribution < -0.4 is 10.2 Å². The fraction of sp³-hybridized carbons (Fsp3) is 0.417. The Morgan fingerprint density at radius 1 is 1.27 bits per heavy atom. The average molecular weight is 306 g/mol. The highest BCUT2D eigenvalue weighted by molar-refractivity contribution is 5.69. The molecule has 10 heteroatoms. The summed E-state index contributed by atoms with van der Waals surface area (Å²) in [5.41, 5.74) is 2.61. The Bertz CT molecular complexity index is 637. The van der Waals surface area contributed by atoms with E-state index in [-0.39, 0.29) is 17.4 Å². The summed E-state index contributed by atoms with van der Waals surface area (Å²) in [4.78, 5) is 23.8. The predicted octanol–water partition coefficient (Wildman–Crippen LogP) is 0.171. The van der Waals surface area contributed by atoms with E-state index in [1.54, 1.807) is 11.9 Å². The molecule has 22 heavy (non-hydrogen) atoms. The van der Waals surface area contributed by atoms with Crippen molar-refractivity contribution in [3.63, 3.8) is 0 Å². The van der Waals surface area contributed by atoms with Crippen molar-refractivity contribution >= 4 is 6.09 Å². The minimum atomic E-state index is -0.603. The number of hydrogen-bond acceptors (Lipinski definition) is 9. The van der Waals surface area contributed by atoms with E-state index >= 15 is 0 Å². The SMILES string of the molecule is Cc1nc(-c2ncc(OC(=O)NN3CCOCC3)cn2)no1. The molecule has 1 N–H and O–H groups in total. The van der Waals surface area contributed by atoms with Crippen LogP contribution >= 0.6 is 0 Å². The number of carbonyl (C=O) groups is 1. The van der Waals surface area contributed by atoms with Crippen molar-refractivity contribution in [3.05, 3.63) is 18.3 Å². The van der Waals surface area contributed by atoms with Gasteiger partial charge in [-0.3, -0.25) is 5.43 Å². The van der Waals surface area contributed by atoms with Crippen molar-refractivity contribution in [1.82, 2.24) is 30.5 Å². The predicted molar refractivity (Wildman–Crippen MR) is 71.6 cm³/mol. The molecule has 116 valence electrons. The second-order valence-electron chi connectivity index (χ2n) is 4.48. The molecule has 1 saturated heterocycles. The van der Waals surface area contributed by atoms with Crippen LogP contribution in [-0.4, -0.2) is 57.5 Å². The van der Waals surface area contributed by atoms with Gasteiger partial charge >= 0.3 is 6.09 Å². The Kier molecular flexibility index (Phi) is 4.21. The topological polar surface area (TPSA) is 116 Å². The molecule has 3 heterocycles. The Morgan fingerprint density at radius 2 is 2.00 bits per heavy atom. The lowest BCUT2D eigenvalue weighted by molar-refractivity contribution is 0.0153. The van der Waals surface area contributed by atoms with Crippen molar-refractivity contribution in [3.8, 4) is 17.4 Å². The van der Waals surface area contributed by atoms with Gasteiger partial charge in [-0.1, -0.05) is 5.16 Å². The van der Waals surface area contributed by atoms with Crippen molar-refractivity contribution in [2.75, 3.05) is 26.3 Å². The summed E-state index contributed by atoms with van der Waals surface area (Å²) < 4.78 is 15.1. The van der Waals surface area contributed by atoms with Crippen molar-refractivity contribution in [2.24, 2.45) is 0 Å². The molecule has 0 saturated carbocycles. The molecule has 0 atom stereocenters. The number of aromatic nitrogens is 4. The van der Waals surface area contributed by atoms with E-state index in [1.165, 1.54) is 12.4 Å². The number of nitrogens with zero attached hydrogens (tertiary/aromatic N) is 5. The van der Waals surface area contributed by atoms with Crippen LogP contribution in [0.25, 0.3) is 11.6 Å². The van der Waals surface area contributed by atoms with E-state index in [2.05, 4.69) is 25.5 Å². The lowest BCUT2D eigenvalue weighted by atomic mass is 10.5. The van der Waals surface area contributed by atoms with Crippen molar-refractivity contribution in [2.45, 2.75) is 6.92 Å². The summed E-state index contributed by atoms with van der Waals surface area (Å²) in [6, 6.07) is 0. The zero-order valence-corrected chi connectivity index (χ0v) is 11.9. The van der Waals surface area contributed by atoms with E-state index < -0.39 is 6.09 Å². The minimum Gasteiger partial charge on any atom is -0.406 e. The number of aryl methyl sites for hydroxylation is 1. The van der Waals surface area contributed by atoms with Gasteiger partial charge in [-0.05, 0) is 0 Å². The highest BCUT2D eigenvalue weighted by Gasteiger charge is 2.15. The van der Waals surface area contributed by atoms with Crippen LogP contribution in [-0.2, 0) is 4.74 Å². The highest BCUT2D eigenvalue weighted by Crippen LogP contribution is 2.13.